The molecule has 0 spiro atoms. The van der Waals surface area contributed by atoms with Crippen LogP contribution in [-0.2, 0) is 9.59 Å². The van der Waals surface area contributed by atoms with Gasteiger partial charge >= 0.3 is 0 Å². The van der Waals surface area contributed by atoms with Crippen LogP contribution in [0.4, 0.5) is 5.82 Å². The van der Waals surface area contributed by atoms with Crippen molar-refractivity contribution in [2.45, 2.75) is 58.4 Å². The Hall–Kier alpha value is -1.91. The summed E-state index contributed by atoms with van der Waals surface area (Å²) in [5, 5.41) is 9.44. The zero-order chi connectivity index (χ0) is 21.3. The first kappa shape index (κ1) is 25.4. The van der Waals surface area contributed by atoms with Crippen LogP contribution >= 0.6 is 24.0 Å². The molecule has 172 valence electrons. The lowest BCUT2D eigenvalue weighted by Gasteiger charge is -2.21. The molecule has 1 aromatic rings. The van der Waals surface area contributed by atoms with Gasteiger partial charge in [0.2, 0.25) is 11.8 Å². The highest BCUT2D eigenvalue weighted by Crippen LogP contribution is 2.27. The predicted octanol–water partition coefficient (Wildman–Crippen LogP) is 2.68. The van der Waals surface area contributed by atoms with Gasteiger partial charge in [-0.25, -0.2) is 4.98 Å². The Morgan fingerprint density at radius 3 is 2.68 bits per heavy atom. The van der Waals surface area contributed by atoms with Gasteiger partial charge in [-0.1, -0.05) is 18.9 Å². The summed E-state index contributed by atoms with van der Waals surface area (Å²) in [7, 11) is 0. The molecule has 3 rings (SSSR count). The summed E-state index contributed by atoms with van der Waals surface area (Å²) in [5.74, 6) is 1.68. The van der Waals surface area contributed by atoms with Gasteiger partial charge < -0.3 is 20.9 Å². The fourth-order valence-electron chi connectivity index (χ4n) is 4.04. The molecule has 2 fully saturated rings. The van der Waals surface area contributed by atoms with Crippen molar-refractivity contribution in [2.75, 3.05) is 31.5 Å². The van der Waals surface area contributed by atoms with Crippen LogP contribution in [0.15, 0.2) is 23.3 Å². The first-order valence-corrected chi connectivity index (χ1v) is 11.1. The highest BCUT2D eigenvalue weighted by Gasteiger charge is 2.32. The second-order valence-corrected chi connectivity index (χ2v) is 8.18. The molecule has 1 saturated heterocycles. The van der Waals surface area contributed by atoms with Crippen LogP contribution in [0.25, 0.3) is 0 Å². The van der Waals surface area contributed by atoms with E-state index in [-0.39, 0.29) is 48.3 Å². The summed E-state index contributed by atoms with van der Waals surface area (Å²) in [6, 6.07) is 3.90. The molecular formula is C22H35IN6O2. The van der Waals surface area contributed by atoms with Crippen LogP contribution in [0.5, 0.6) is 0 Å². The molecular weight excluding hydrogens is 507 g/mol. The molecule has 0 radical (unpaired) electrons. The number of aryl methyl sites for hydroxylation is 1. The van der Waals surface area contributed by atoms with Crippen molar-refractivity contribution in [3.63, 3.8) is 0 Å². The smallest absolute Gasteiger partial charge is 0.227 e. The van der Waals surface area contributed by atoms with Gasteiger partial charge in [-0.2, -0.15) is 0 Å². The molecule has 0 aromatic carbocycles. The zero-order valence-electron chi connectivity index (χ0n) is 18.5. The monoisotopic (exact) mass is 542 g/mol. The van der Waals surface area contributed by atoms with Gasteiger partial charge in [0.1, 0.15) is 5.82 Å². The standard InChI is InChI=1S/C22H34N6O2.HI/c1-3-23-22(24-12-10-20(29)27-19-9-8-16(2)14-25-19)26-18-11-13-28(15-18)21(30)17-6-4-5-7-17;/h8-9,14,17-18H,3-7,10-13,15H2,1-2H3,(H2,23,24,26)(H,25,27,29);1H. The number of anilines is 1. The lowest BCUT2D eigenvalue weighted by atomic mass is 10.1. The quantitative estimate of drug-likeness (QED) is 0.280. The average Bonchev–Trinajstić information content (AvgIpc) is 3.42. The number of rotatable bonds is 7. The molecule has 1 aliphatic carbocycles. The first-order valence-electron chi connectivity index (χ1n) is 11.1. The van der Waals surface area contributed by atoms with Crippen molar-refractivity contribution < 1.29 is 9.59 Å². The number of halogens is 1. The molecule has 2 aliphatic rings. The van der Waals surface area contributed by atoms with E-state index in [1.165, 1.54) is 12.8 Å². The number of pyridine rings is 1. The highest BCUT2D eigenvalue weighted by atomic mass is 127. The van der Waals surface area contributed by atoms with E-state index < -0.39 is 0 Å². The number of nitrogens with one attached hydrogen (secondary N) is 3. The fraction of sp³-hybridized carbons (Fsp3) is 0.636. The van der Waals surface area contributed by atoms with Crippen LogP contribution in [0.1, 0.15) is 51.0 Å². The lowest BCUT2D eigenvalue weighted by Crippen LogP contribution is -2.45. The molecule has 1 atom stereocenters. The van der Waals surface area contributed by atoms with Gasteiger partial charge in [0.15, 0.2) is 5.96 Å². The molecule has 8 nitrogen and oxygen atoms in total. The maximum atomic E-state index is 12.6. The number of likely N-dealkylation sites (tertiary alicyclic amines) is 1. The first-order chi connectivity index (χ1) is 14.5. The third-order valence-electron chi connectivity index (χ3n) is 5.68. The number of hydrogen-bond acceptors (Lipinski definition) is 4. The maximum absolute atomic E-state index is 12.6. The Morgan fingerprint density at radius 1 is 1.23 bits per heavy atom. The van der Waals surface area contributed by atoms with Gasteiger partial charge in [-0.05, 0) is 44.7 Å². The van der Waals surface area contributed by atoms with Gasteiger partial charge in [0, 0.05) is 44.2 Å². The van der Waals surface area contributed by atoms with E-state index in [9.17, 15) is 9.59 Å². The lowest BCUT2D eigenvalue weighted by molar-refractivity contribution is -0.134. The third-order valence-corrected chi connectivity index (χ3v) is 5.68. The number of aliphatic imine (C=N–C) groups is 1. The molecule has 0 bridgehead atoms. The van der Waals surface area contributed by atoms with Crippen molar-refractivity contribution in [3.8, 4) is 0 Å². The van der Waals surface area contributed by atoms with E-state index in [0.717, 1.165) is 44.5 Å². The van der Waals surface area contributed by atoms with Crippen molar-refractivity contribution in [3.05, 3.63) is 23.9 Å². The molecule has 1 saturated carbocycles. The Balaban J connectivity index is 0.00000341. The minimum Gasteiger partial charge on any atom is -0.357 e. The van der Waals surface area contributed by atoms with E-state index >= 15 is 0 Å². The summed E-state index contributed by atoms with van der Waals surface area (Å²) in [6.07, 6.45) is 7.36. The van der Waals surface area contributed by atoms with E-state index in [2.05, 4.69) is 25.9 Å². The highest BCUT2D eigenvalue weighted by molar-refractivity contribution is 14.0. The van der Waals surface area contributed by atoms with Gasteiger partial charge in [0.25, 0.3) is 0 Å². The number of hydrogen-bond donors (Lipinski definition) is 3. The molecule has 1 aliphatic heterocycles. The Bertz CT molecular complexity index is 749. The Morgan fingerprint density at radius 2 is 2.00 bits per heavy atom. The van der Waals surface area contributed by atoms with E-state index in [1.807, 2.05) is 24.8 Å². The van der Waals surface area contributed by atoms with Crippen molar-refractivity contribution in [2.24, 2.45) is 10.9 Å². The molecule has 3 N–H and O–H groups in total. The molecule has 1 aromatic heterocycles. The minimum absolute atomic E-state index is 0. The van der Waals surface area contributed by atoms with Gasteiger partial charge in [-0.3, -0.25) is 14.6 Å². The van der Waals surface area contributed by atoms with E-state index in [4.69, 9.17) is 0 Å². The predicted molar refractivity (Wildman–Crippen MR) is 134 cm³/mol. The second kappa shape index (κ2) is 12.8. The van der Waals surface area contributed by atoms with Crippen molar-refractivity contribution in [1.82, 2.24) is 20.5 Å². The van der Waals surface area contributed by atoms with Gasteiger partial charge in [-0.15, -0.1) is 24.0 Å². The van der Waals surface area contributed by atoms with Crippen LogP contribution < -0.4 is 16.0 Å². The molecule has 2 heterocycles. The maximum Gasteiger partial charge on any atom is 0.227 e. The third kappa shape index (κ3) is 7.93. The average molecular weight is 542 g/mol. The second-order valence-electron chi connectivity index (χ2n) is 8.18. The Labute approximate surface area is 202 Å². The molecule has 31 heavy (non-hydrogen) atoms. The summed E-state index contributed by atoms with van der Waals surface area (Å²) >= 11 is 0. The molecule has 1 unspecified atom stereocenters. The normalized spacial score (nSPS) is 19.1. The Kier molecular flexibility index (Phi) is 10.5. The summed E-state index contributed by atoms with van der Waals surface area (Å²) in [6.45, 7) is 6.61. The zero-order valence-corrected chi connectivity index (χ0v) is 20.9. The van der Waals surface area contributed by atoms with Gasteiger partial charge in [0.05, 0.1) is 6.54 Å². The minimum atomic E-state index is -0.111. The molecule has 2 amide bonds. The number of guanidine groups is 1. The molecule has 9 heteroatoms. The summed E-state index contributed by atoms with van der Waals surface area (Å²) in [5.41, 5.74) is 1.05. The van der Waals surface area contributed by atoms with Crippen LogP contribution in [-0.4, -0.2) is 59.9 Å². The summed E-state index contributed by atoms with van der Waals surface area (Å²) < 4.78 is 0. The van der Waals surface area contributed by atoms with Crippen molar-refractivity contribution in [1.29, 1.82) is 0 Å². The van der Waals surface area contributed by atoms with E-state index in [0.29, 0.717) is 24.2 Å². The fourth-order valence-corrected chi connectivity index (χ4v) is 4.04. The summed E-state index contributed by atoms with van der Waals surface area (Å²) in [4.78, 5) is 35.5. The number of carbonyl (C=O) groups excluding carboxylic acids is 2. The number of amides is 2. The van der Waals surface area contributed by atoms with Crippen LogP contribution in [0, 0.1) is 12.8 Å². The van der Waals surface area contributed by atoms with Crippen LogP contribution in [0.2, 0.25) is 0 Å². The largest absolute Gasteiger partial charge is 0.357 e. The SMILES string of the molecule is CCNC(=NCCC(=O)Nc1ccc(C)cn1)NC1CCN(C(=O)C2CCCC2)C1.I. The number of nitrogens with zero attached hydrogens (tertiary/aromatic N) is 3. The topological polar surface area (TPSA) is 98.7 Å². The number of aromatic nitrogens is 1. The van der Waals surface area contributed by atoms with Crippen LogP contribution in [0.3, 0.4) is 0 Å². The number of carbonyl (C=O) groups is 2. The van der Waals surface area contributed by atoms with E-state index in [1.54, 1.807) is 12.3 Å². The van der Waals surface area contributed by atoms with Crippen molar-refractivity contribution >= 4 is 47.6 Å².